The summed E-state index contributed by atoms with van der Waals surface area (Å²) in [6.45, 7) is 1.95. The molecule has 4 N–H and O–H groups in total. The van der Waals surface area contributed by atoms with Gasteiger partial charge in [0.25, 0.3) is 0 Å². The summed E-state index contributed by atoms with van der Waals surface area (Å²) in [5, 5.41) is 0. The lowest BCUT2D eigenvalue weighted by Crippen LogP contribution is -1.85. The van der Waals surface area contributed by atoms with Crippen molar-refractivity contribution in [2.45, 2.75) is 6.92 Å². The number of rotatable bonds is 1. The molecule has 0 amide bonds. The third-order valence-corrected chi connectivity index (χ3v) is 2.86. The molecule has 18 heavy (non-hydrogen) atoms. The number of oxazole rings is 1. The van der Waals surface area contributed by atoms with Crippen molar-refractivity contribution < 1.29 is 4.42 Å². The maximum atomic E-state index is 5.79. The lowest BCUT2D eigenvalue weighted by atomic mass is 10.2. The molecule has 0 radical (unpaired) electrons. The Kier molecular flexibility index (Phi) is 2.23. The molecule has 0 aliphatic rings. The number of hydrogen-bond acceptors (Lipinski definition) is 4. The van der Waals surface area contributed by atoms with Crippen LogP contribution >= 0.6 is 0 Å². The van der Waals surface area contributed by atoms with Crippen LogP contribution in [0.25, 0.3) is 22.6 Å². The van der Waals surface area contributed by atoms with Gasteiger partial charge in [-0.05, 0) is 48.9 Å². The third kappa shape index (κ3) is 1.68. The first-order chi connectivity index (χ1) is 8.63. The quantitative estimate of drug-likeness (QED) is 0.640. The van der Waals surface area contributed by atoms with E-state index in [4.69, 9.17) is 15.9 Å². The number of nitrogens with two attached hydrogens (primary N) is 2. The average molecular weight is 239 g/mol. The van der Waals surface area contributed by atoms with E-state index in [1.165, 1.54) is 0 Å². The van der Waals surface area contributed by atoms with Gasteiger partial charge >= 0.3 is 0 Å². The molecular formula is C14H13N3O. The van der Waals surface area contributed by atoms with Gasteiger partial charge in [-0.3, -0.25) is 0 Å². The molecule has 0 fully saturated rings. The Morgan fingerprint density at radius 2 is 1.72 bits per heavy atom. The Balaban J connectivity index is 2.19. The first-order valence-electron chi connectivity index (χ1n) is 5.66. The van der Waals surface area contributed by atoms with Crippen molar-refractivity contribution in [2.75, 3.05) is 11.5 Å². The van der Waals surface area contributed by atoms with Crippen LogP contribution in [0.5, 0.6) is 0 Å². The lowest BCUT2D eigenvalue weighted by molar-refractivity contribution is 0.617. The molecule has 0 aliphatic carbocycles. The molecule has 2 aromatic carbocycles. The van der Waals surface area contributed by atoms with E-state index in [9.17, 15) is 0 Å². The van der Waals surface area contributed by atoms with Crippen molar-refractivity contribution in [1.82, 2.24) is 4.98 Å². The second-order valence-electron chi connectivity index (χ2n) is 4.33. The Morgan fingerprint density at radius 3 is 2.44 bits per heavy atom. The predicted molar refractivity (Wildman–Crippen MR) is 73.0 cm³/mol. The average Bonchev–Trinajstić information content (AvgIpc) is 2.74. The minimum Gasteiger partial charge on any atom is -0.436 e. The molecule has 4 nitrogen and oxygen atoms in total. The highest BCUT2D eigenvalue weighted by molar-refractivity contribution is 5.82. The van der Waals surface area contributed by atoms with Crippen molar-refractivity contribution in [2.24, 2.45) is 0 Å². The summed E-state index contributed by atoms with van der Waals surface area (Å²) in [5.41, 5.74) is 16.3. The number of nitrogen functional groups attached to an aromatic ring is 2. The summed E-state index contributed by atoms with van der Waals surface area (Å²) in [6.07, 6.45) is 0. The minimum atomic E-state index is 0.582. The van der Waals surface area contributed by atoms with Crippen LogP contribution in [0.15, 0.2) is 40.8 Å². The highest BCUT2D eigenvalue weighted by Gasteiger charge is 2.10. The van der Waals surface area contributed by atoms with Crippen LogP contribution in [0.3, 0.4) is 0 Å². The largest absolute Gasteiger partial charge is 0.436 e. The van der Waals surface area contributed by atoms with E-state index in [0.29, 0.717) is 11.6 Å². The Labute approximate surface area is 104 Å². The van der Waals surface area contributed by atoms with Crippen molar-refractivity contribution in [3.05, 3.63) is 42.0 Å². The highest BCUT2D eigenvalue weighted by atomic mass is 16.3. The van der Waals surface area contributed by atoms with Crippen molar-refractivity contribution in [3.8, 4) is 11.5 Å². The molecule has 0 atom stereocenters. The number of aromatic nitrogens is 1. The van der Waals surface area contributed by atoms with E-state index >= 15 is 0 Å². The topological polar surface area (TPSA) is 78.1 Å². The molecule has 0 spiro atoms. The first-order valence-corrected chi connectivity index (χ1v) is 5.66. The fraction of sp³-hybridized carbons (Fsp3) is 0.0714. The Hall–Kier alpha value is -2.49. The maximum Gasteiger partial charge on any atom is 0.227 e. The molecule has 3 aromatic rings. The van der Waals surface area contributed by atoms with Crippen LogP contribution in [0.2, 0.25) is 0 Å². The van der Waals surface area contributed by atoms with Gasteiger partial charge < -0.3 is 15.9 Å². The summed E-state index contributed by atoms with van der Waals surface area (Å²) < 4.78 is 5.77. The van der Waals surface area contributed by atoms with Gasteiger partial charge in [0.2, 0.25) is 5.89 Å². The molecule has 0 saturated carbocycles. The van der Waals surface area contributed by atoms with Crippen LogP contribution < -0.4 is 11.5 Å². The van der Waals surface area contributed by atoms with Crippen molar-refractivity contribution >= 4 is 22.5 Å². The van der Waals surface area contributed by atoms with Gasteiger partial charge in [0.1, 0.15) is 5.52 Å². The summed E-state index contributed by atoms with van der Waals surface area (Å²) in [7, 11) is 0. The van der Waals surface area contributed by atoms with Gasteiger partial charge in [-0.15, -0.1) is 0 Å². The molecule has 0 saturated heterocycles. The summed E-state index contributed by atoms with van der Waals surface area (Å²) in [5.74, 6) is 0.582. The zero-order valence-corrected chi connectivity index (χ0v) is 9.97. The van der Waals surface area contributed by atoms with Crippen molar-refractivity contribution in [3.63, 3.8) is 0 Å². The molecular weight excluding hydrogens is 226 g/mol. The number of hydrogen-bond donors (Lipinski definition) is 2. The summed E-state index contributed by atoms with van der Waals surface area (Å²) >= 11 is 0. The molecule has 0 aliphatic heterocycles. The Morgan fingerprint density at radius 1 is 1.00 bits per heavy atom. The zero-order chi connectivity index (χ0) is 12.7. The van der Waals surface area contributed by atoms with Crippen LogP contribution in [0.1, 0.15) is 5.56 Å². The van der Waals surface area contributed by atoms with Gasteiger partial charge in [0.15, 0.2) is 5.58 Å². The number of aryl methyl sites for hydroxylation is 1. The molecule has 1 heterocycles. The summed E-state index contributed by atoms with van der Waals surface area (Å²) in [4.78, 5) is 4.45. The Bertz CT molecular complexity index is 714. The third-order valence-electron chi connectivity index (χ3n) is 2.86. The van der Waals surface area contributed by atoms with E-state index in [1.807, 2.05) is 43.3 Å². The zero-order valence-electron chi connectivity index (χ0n) is 9.97. The van der Waals surface area contributed by atoms with Gasteiger partial charge in [-0.1, -0.05) is 0 Å². The van der Waals surface area contributed by atoms with Gasteiger partial charge in [0.05, 0.1) is 0 Å². The smallest absolute Gasteiger partial charge is 0.227 e. The number of nitrogens with zero attached hydrogens (tertiary/aromatic N) is 1. The molecule has 90 valence electrons. The van der Waals surface area contributed by atoms with E-state index in [-0.39, 0.29) is 0 Å². The van der Waals surface area contributed by atoms with Gasteiger partial charge in [-0.25, -0.2) is 4.98 Å². The highest BCUT2D eigenvalue weighted by Crippen LogP contribution is 2.28. The fourth-order valence-corrected chi connectivity index (χ4v) is 1.98. The summed E-state index contributed by atoms with van der Waals surface area (Å²) in [6, 6.07) is 11.1. The second-order valence-corrected chi connectivity index (χ2v) is 4.33. The van der Waals surface area contributed by atoms with E-state index in [0.717, 1.165) is 27.9 Å². The number of fused-ring (bicyclic) bond motifs is 1. The maximum absolute atomic E-state index is 5.79. The van der Waals surface area contributed by atoms with Gasteiger partial charge in [0, 0.05) is 16.9 Å². The van der Waals surface area contributed by atoms with Crippen LogP contribution in [0, 0.1) is 6.92 Å². The molecule has 1 aromatic heterocycles. The molecule has 3 rings (SSSR count). The van der Waals surface area contributed by atoms with E-state index in [2.05, 4.69) is 4.98 Å². The van der Waals surface area contributed by atoms with Crippen LogP contribution in [-0.2, 0) is 0 Å². The number of anilines is 2. The minimum absolute atomic E-state index is 0.582. The number of benzene rings is 2. The molecule has 0 unspecified atom stereocenters. The van der Waals surface area contributed by atoms with Gasteiger partial charge in [-0.2, -0.15) is 0 Å². The normalized spacial score (nSPS) is 10.9. The van der Waals surface area contributed by atoms with E-state index < -0.39 is 0 Å². The predicted octanol–water partition coefficient (Wildman–Crippen LogP) is 2.97. The second kappa shape index (κ2) is 3.77. The van der Waals surface area contributed by atoms with Crippen LogP contribution in [-0.4, -0.2) is 4.98 Å². The SMILES string of the molecule is Cc1cc(N)cc2nc(-c3ccc(N)cc3)oc12. The first kappa shape index (κ1) is 10.7. The molecule has 4 heteroatoms. The monoisotopic (exact) mass is 239 g/mol. The fourth-order valence-electron chi connectivity index (χ4n) is 1.98. The van der Waals surface area contributed by atoms with Crippen LogP contribution in [0.4, 0.5) is 11.4 Å². The van der Waals surface area contributed by atoms with E-state index in [1.54, 1.807) is 0 Å². The van der Waals surface area contributed by atoms with Crippen molar-refractivity contribution in [1.29, 1.82) is 0 Å². The standard InChI is InChI=1S/C14H13N3O/c1-8-6-11(16)7-12-13(8)18-14(17-12)9-2-4-10(15)5-3-9/h2-7H,15-16H2,1H3. The molecule has 0 bridgehead atoms. The lowest BCUT2D eigenvalue weighted by Gasteiger charge is -1.96.